The average Bonchev–Trinajstić information content (AvgIpc) is 2.65. The minimum atomic E-state index is -0.703. The number of amides is 1. The van der Waals surface area contributed by atoms with Crippen LogP contribution >= 0.6 is 0 Å². The second-order valence-electron chi connectivity index (χ2n) is 6.30. The Morgan fingerprint density at radius 2 is 2.04 bits per heavy atom. The predicted molar refractivity (Wildman–Crippen MR) is 97.4 cm³/mol. The lowest BCUT2D eigenvalue weighted by Gasteiger charge is -2.13. The topological polar surface area (TPSA) is 54.0 Å². The number of pyridine rings is 1. The standard InChI is InChI=1S/C20H21F2N3O/c21-16-7-8-18(17(22)12-16)25-19-9-6-15(13-24-19)20(26)23-11-10-14-4-2-1-3-5-14/h4,6-9,12-13H,1-3,5,10-11H2,(H,23,26)(H,24,25). The molecule has 0 radical (unpaired) electrons. The van der Waals surface area contributed by atoms with Crippen molar-refractivity contribution in [1.29, 1.82) is 0 Å². The highest BCUT2D eigenvalue weighted by Crippen LogP contribution is 2.20. The number of aromatic nitrogens is 1. The number of carbonyl (C=O) groups excluding carboxylic acids is 1. The van der Waals surface area contributed by atoms with E-state index in [9.17, 15) is 13.6 Å². The Labute approximate surface area is 151 Å². The molecule has 0 aliphatic heterocycles. The van der Waals surface area contributed by atoms with Gasteiger partial charge in [-0.25, -0.2) is 13.8 Å². The van der Waals surface area contributed by atoms with Gasteiger partial charge in [0.25, 0.3) is 5.91 Å². The average molecular weight is 357 g/mol. The summed E-state index contributed by atoms with van der Waals surface area (Å²) in [5, 5.41) is 5.65. The van der Waals surface area contributed by atoms with Crippen LogP contribution in [-0.2, 0) is 0 Å². The van der Waals surface area contributed by atoms with Gasteiger partial charge in [0.15, 0.2) is 0 Å². The summed E-state index contributed by atoms with van der Waals surface area (Å²) in [6, 6.07) is 6.46. The van der Waals surface area contributed by atoms with Gasteiger partial charge in [0, 0.05) is 18.8 Å². The Morgan fingerprint density at radius 3 is 2.73 bits per heavy atom. The highest BCUT2D eigenvalue weighted by atomic mass is 19.1. The quantitative estimate of drug-likeness (QED) is 0.735. The molecule has 4 nitrogen and oxygen atoms in total. The van der Waals surface area contributed by atoms with Crippen LogP contribution in [0.2, 0.25) is 0 Å². The lowest BCUT2D eigenvalue weighted by Crippen LogP contribution is -2.25. The molecule has 1 aromatic heterocycles. The van der Waals surface area contributed by atoms with Crippen molar-refractivity contribution in [2.75, 3.05) is 11.9 Å². The minimum Gasteiger partial charge on any atom is -0.352 e. The maximum absolute atomic E-state index is 13.6. The Hall–Kier alpha value is -2.76. The fraction of sp³-hybridized carbons (Fsp3) is 0.300. The normalized spacial score (nSPS) is 13.8. The molecule has 1 heterocycles. The Kier molecular flexibility index (Phi) is 5.94. The molecule has 26 heavy (non-hydrogen) atoms. The van der Waals surface area contributed by atoms with Gasteiger partial charge in [-0.3, -0.25) is 4.79 Å². The van der Waals surface area contributed by atoms with E-state index in [0.717, 1.165) is 31.4 Å². The van der Waals surface area contributed by atoms with E-state index in [1.54, 1.807) is 12.1 Å². The maximum Gasteiger partial charge on any atom is 0.252 e. The van der Waals surface area contributed by atoms with E-state index >= 15 is 0 Å². The third kappa shape index (κ3) is 4.88. The largest absolute Gasteiger partial charge is 0.352 e. The summed E-state index contributed by atoms with van der Waals surface area (Å²) in [5.41, 5.74) is 1.97. The van der Waals surface area contributed by atoms with Gasteiger partial charge in [-0.05, 0) is 56.4 Å². The predicted octanol–water partition coefficient (Wildman–Crippen LogP) is 4.72. The van der Waals surface area contributed by atoms with Crippen molar-refractivity contribution >= 4 is 17.4 Å². The molecule has 0 atom stereocenters. The number of anilines is 2. The van der Waals surface area contributed by atoms with Crippen LogP contribution in [-0.4, -0.2) is 17.4 Å². The minimum absolute atomic E-state index is 0.122. The lowest BCUT2D eigenvalue weighted by molar-refractivity contribution is 0.0953. The highest BCUT2D eigenvalue weighted by molar-refractivity contribution is 5.94. The molecule has 1 aliphatic rings. The maximum atomic E-state index is 13.6. The summed E-state index contributed by atoms with van der Waals surface area (Å²) in [4.78, 5) is 16.3. The van der Waals surface area contributed by atoms with Gasteiger partial charge in [-0.2, -0.15) is 0 Å². The number of halogens is 2. The van der Waals surface area contributed by atoms with Gasteiger partial charge in [0.05, 0.1) is 11.3 Å². The molecule has 136 valence electrons. The molecule has 0 saturated heterocycles. The second-order valence-corrected chi connectivity index (χ2v) is 6.30. The SMILES string of the molecule is O=C(NCCC1=CCCCC1)c1ccc(Nc2ccc(F)cc2F)nc1. The summed E-state index contributed by atoms with van der Waals surface area (Å²) in [6.45, 7) is 0.603. The molecule has 0 unspecified atom stereocenters. The first-order valence-electron chi connectivity index (χ1n) is 8.76. The molecule has 0 fully saturated rings. The van der Waals surface area contributed by atoms with E-state index in [-0.39, 0.29) is 11.6 Å². The Bertz CT molecular complexity index is 803. The molecular weight excluding hydrogens is 336 g/mol. The van der Waals surface area contributed by atoms with Crippen LogP contribution in [0.1, 0.15) is 42.5 Å². The van der Waals surface area contributed by atoms with Gasteiger partial charge in [-0.1, -0.05) is 11.6 Å². The van der Waals surface area contributed by atoms with E-state index < -0.39 is 11.6 Å². The molecule has 2 N–H and O–H groups in total. The fourth-order valence-electron chi connectivity index (χ4n) is 2.90. The van der Waals surface area contributed by atoms with Gasteiger partial charge < -0.3 is 10.6 Å². The van der Waals surface area contributed by atoms with Crippen LogP contribution in [0.25, 0.3) is 0 Å². The van der Waals surface area contributed by atoms with Crippen molar-refractivity contribution in [3.63, 3.8) is 0 Å². The molecule has 0 bridgehead atoms. The molecule has 6 heteroatoms. The molecule has 0 spiro atoms. The molecule has 2 aromatic rings. The molecule has 1 aromatic carbocycles. The molecule has 3 rings (SSSR count). The third-order valence-corrected chi connectivity index (χ3v) is 4.34. The van der Waals surface area contributed by atoms with Gasteiger partial charge in [0.2, 0.25) is 0 Å². The van der Waals surface area contributed by atoms with Crippen LogP contribution in [0.4, 0.5) is 20.3 Å². The van der Waals surface area contributed by atoms with Crippen molar-refractivity contribution in [3.05, 3.63) is 65.4 Å². The molecule has 0 saturated carbocycles. The van der Waals surface area contributed by atoms with Gasteiger partial charge in [-0.15, -0.1) is 0 Å². The number of nitrogens with zero attached hydrogens (tertiary/aromatic N) is 1. The van der Waals surface area contributed by atoms with Crippen LogP contribution in [0.15, 0.2) is 48.2 Å². The molecule has 1 aliphatic carbocycles. The zero-order valence-electron chi connectivity index (χ0n) is 14.4. The van der Waals surface area contributed by atoms with Crippen molar-refractivity contribution in [1.82, 2.24) is 10.3 Å². The van der Waals surface area contributed by atoms with Crippen molar-refractivity contribution in [2.45, 2.75) is 32.1 Å². The number of carbonyl (C=O) groups is 1. The summed E-state index contributed by atoms with van der Waals surface area (Å²) in [6.07, 6.45) is 9.32. The summed E-state index contributed by atoms with van der Waals surface area (Å²) < 4.78 is 26.6. The lowest BCUT2D eigenvalue weighted by atomic mass is 9.97. The molecule has 1 amide bonds. The molecular formula is C20H21F2N3O. The van der Waals surface area contributed by atoms with Crippen LogP contribution < -0.4 is 10.6 Å². The number of hydrogen-bond donors (Lipinski definition) is 2. The zero-order valence-corrected chi connectivity index (χ0v) is 14.4. The first kappa shape index (κ1) is 18.0. The highest BCUT2D eigenvalue weighted by Gasteiger charge is 2.09. The van der Waals surface area contributed by atoms with E-state index in [2.05, 4.69) is 21.7 Å². The van der Waals surface area contributed by atoms with Crippen molar-refractivity contribution in [2.24, 2.45) is 0 Å². The Morgan fingerprint density at radius 1 is 1.15 bits per heavy atom. The number of hydrogen-bond acceptors (Lipinski definition) is 3. The van der Waals surface area contributed by atoms with Crippen LogP contribution in [0.3, 0.4) is 0 Å². The summed E-state index contributed by atoms with van der Waals surface area (Å²) in [5.74, 6) is -1.16. The van der Waals surface area contributed by atoms with Gasteiger partial charge in [0.1, 0.15) is 17.5 Å². The summed E-state index contributed by atoms with van der Waals surface area (Å²) >= 11 is 0. The summed E-state index contributed by atoms with van der Waals surface area (Å²) in [7, 11) is 0. The van der Waals surface area contributed by atoms with Crippen LogP contribution in [0, 0.1) is 11.6 Å². The number of rotatable bonds is 6. The Balaban J connectivity index is 1.53. The third-order valence-electron chi connectivity index (χ3n) is 4.34. The van der Waals surface area contributed by atoms with Gasteiger partial charge >= 0.3 is 0 Å². The van der Waals surface area contributed by atoms with Crippen molar-refractivity contribution in [3.8, 4) is 0 Å². The smallest absolute Gasteiger partial charge is 0.252 e. The van der Waals surface area contributed by atoms with E-state index in [4.69, 9.17) is 0 Å². The van der Waals surface area contributed by atoms with E-state index in [1.165, 1.54) is 30.7 Å². The zero-order chi connectivity index (χ0) is 18.4. The van der Waals surface area contributed by atoms with E-state index in [0.29, 0.717) is 17.9 Å². The number of allylic oxidation sites excluding steroid dienone is 1. The second kappa shape index (κ2) is 8.56. The number of nitrogens with one attached hydrogen (secondary N) is 2. The van der Waals surface area contributed by atoms with Crippen LogP contribution in [0.5, 0.6) is 0 Å². The van der Waals surface area contributed by atoms with E-state index in [1.807, 2.05) is 0 Å². The number of benzene rings is 1. The fourth-order valence-corrected chi connectivity index (χ4v) is 2.90. The van der Waals surface area contributed by atoms with Crippen molar-refractivity contribution < 1.29 is 13.6 Å². The monoisotopic (exact) mass is 357 g/mol. The first-order valence-corrected chi connectivity index (χ1v) is 8.76. The first-order chi connectivity index (χ1) is 12.6.